The molecule has 0 spiro atoms. The minimum absolute atomic E-state index is 0.172. The summed E-state index contributed by atoms with van der Waals surface area (Å²) >= 11 is 3.24. The number of nitrogens with zero attached hydrogens (tertiary/aromatic N) is 3. The number of carboxylic acids is 1. The van der Waals surface area contributed by atoms with Crippen LogP contribution in [0.2, 0.25) is 0 Å². The molecule has 1 aromatic heterocycles. The summed E-state index contributed by atoms with van der Waals surface area (Å²) in [5, 5.41) is 12.8. The molecule has 1 heterocycles. The van der Waals surface area contributed by atoms with Gasteiger partial charge in [0.05, 0.1) is 0 Å². The van der Waals surface area contributed by atoms with Crippen molar-refractivity contribution in [3.8, 4) is 5.69 Å². The average Bonchev–Trinajstić information content (AvgIpc) is 2.74. The maximum absolute atomic E-state index is 13.9. The van der Waals surface area contributed by atoms with Crippen LogP contribution < -0.4 is 0 Å². The van der Waals surface area contributed by atoms with Crippen LogP contribution in [0.3, 0.4) is 0 Å². The summed E-state index contributed by atoms with van der Waals surface area (Å²) in [5.41, 5.74) is 0.172. The molecule has 0 atom stereocenters. The van der Waals surface area contributed by atoms with Crippen LogP contribution in [0.15, 0.2) is 22.7 Å². The van der Waals surface area contributed by atoms with E-state index in [4.69, 9.17) is 5.11 Å². The van der Waals surface area contributed by atoms with Gasteiger partial charge in [0.1, 0.15) is 17.3 Å². The molecule has 0 amide bonds. The van der Waals surface area contributed by atoms with Crippen LogP contribution in [-0.2, 0) is 6.42 Å². The van der Waals surface area contributed by atoms with Crippen molar-refractivity contribution in [3.63, 3.8) is 0 Å². The third-order valence-corrected chi connectivity index (χ3v) is 3.13. The van der Waals surface area contributed by atoms with Crippen molar-refractivity contribution in [1.29, 1.82) is 0 Å². The van der Waals surface area contributed by atoms with Gasteiger partial charge < -0.3 is 5.11 Å². The fourth-order valence-electron chi connectivity index (χ4n) is 1.69. The lowest BCUT2D eigenvalue weighted by molar-refractivity contribution is 0.0683. The first-order valence-electron chi connectivity index (χ1n) is 5.68. The summed E-state index contributed by atoms with van der Waals surface area (Å²) in [6.45, 7) is 1.93. The summed E-state index contributed by atoms with van der Waals surface area (Å²) in [6, 6.07) is 4.51. The Balaban J connectivity index is 2.63. The van der Waals surface area contributed by atoms with Gasteiger partial charge in [0, 0.05) is 10.9 Å². The number of hydrogen-bond donors (Lipinski definition) is 1. The Bertz CT molecular complexity index is 607. The number of aromatic nitrogens is 3. The van der Waals surface area contributed by atoms with Crippen molar-refractivity contribution in [1.82, 2.24) is 14.8 Å². The smallest absolute Gasteiger partial charge is 0.375 e. The highest BCUT2D eigenvalue weighted by Crippen LogP contribution is 2.24. The Hall–Kier alpha value is -1.76. The predicted octanol–water partition coefficient (Wildman–Crippen LogP) is 2.82. The molecule has 0 saturated heterocycles. The summed E-state index contributed by atoms with van der Waals surface area (Å²) in [6.07, 6.45) is 1.27. The number of benzene rings is 1. The predicted molar refractivity (Wildman–Crippen MR) is 70.0 cm³/mol. The van der Waals surface area contributed by atoms with E-state index in [0.717, 1.165) is 6.42 Å². The van der Waals surface area contributed by atoms with Gasteiger partial charge in [-0.05, 0) is 34.5 Å². The Morgan fingerprint density at radius 2 is 2.26 bits per heavy atom. The number of hydrogen-bond acceptors (Lipinski definition) is 3. The molecule has 0 fully saturated rings. The second-order valence-corrected chi connectivity index (χ2v) is 4.74. The van der Waals surface area contributed by atoms with Gasteiger partial charge in [0.2, 0.25) is 0 Å². The molecule has 0 aliphatic rings. The number of carboxylic acid groups (broad SMARTS) is 1. The number of rotatable bonds is 4. The van der Waals surface area contributed by atoms with E-state index in [0.29, 0.717) is 16.7 Å². The van der Waals surface area contributed by atoms with E-state index in [1.165, 1.54) is 10.7 Å². The Morgan fingerprint density at radius 3 is 2.84 bits per heavy atom. The molecule has 0 aliphatic heterocycles. The lowest BCUT2D eigenvalue weighted by Crippen LogP contribution is -2.07. The zero-order valence-corrected chi connectivity index (χ0v) is 11.7. The van der Waals surface area contributed by atoms with Crippen LogP contribution in [-0.4, -0.2) is 25.8 Å². The van der Waals surface area contributed by atoms with Crippen LogP contribution in [0.4, 0.5) is 4.39 Å². The van der Waals surface area contributed by atoms with Gasteiger partial charge in [-0.25, -0.2) is 18.9 Å². The number of para-hydroxylation sites is 1. The van der Waals surface area contributed by atoms with Crippen molar-refractivity contribution in [2.45, 2.75) is 19.8 Å². The molecule has 0 radical (unpaired) electrons. The van der Waals surface area contributed by atoms with Crippen LogP contribution in [0.5, 0.6) is 0 Å². The first-order chi connectivity index (χ1) is 9.04. The first-order valence-corrected chi connectivity index (χ1v) is 6.47. The fraction of sp³-hybridized carbons (Fsp3) is 0.250. The monoisotopic (exact) mass is 327 g/mol. The molecule has 100 valence electrons. The molecule has 0 aliphatic carbocycles. The van der Waals surface area contributed by atoms with Crippen LogP contribution in [0, 0.1) is 5.82 Å². The minimum Gasteiger partial charge on any atom is -0.475 e. The molecule has 5 nitrogen and oxygen atoms in total. The van der Waals surface area contributed by atoms with Gasteiger partial charge in [-0.2, -0.15) is 0 Å². The standard InChI is InChI=1S/C12H11BrFN3O2/c1-2-4-9-15-11(12(18)19)16-17(9)10-7(13)5-3-6-8(10)14/h3,5-6H,2,4H2,1H3,(H,18,19). The normalized spacial score (nSPS) is 10.7. The molecular weight excluding hydrogens is 317 g/mol. The molecular formula is C12H11BrFN3O2. The minimum atomic E-state index is -1.23. The van der Waals surface area contributed by atoms with E-state index in [1.807, 2.05) is 6.92 Å². The summed E-state index contributed by atoms with van der Waals surface area (Å²) in [4.78, 5) is 14.9. The van der Waals surface area contributed by atoms with Crippen LogP contribution in [0.1, 0.15) is 29.8 Å². The summed E-state index contributed by atoms with van der Waals surface area (Å²) in [7, 11) is 0. The lowest BCUT2D eigenvalue weighted by Gasteiger charge is -2.08. The van der Waals surface area contributed by atoms with Gasteiger partial charge in [-0.1, -0.05) is 13.0 Å². The SMILES string of the molecule is CCCc1nc(C(=O)O)nn1-c1c(F)cccc1Br. The quantitative estimate of drug-likeness (QED) is 0.937. The number of carbonyl (C=O) groups is 1. The molecule has 1 aromatic carbocycles. The lowest BCUT2D eigenvalue weighted by atomic mass is 10.3. The van der Waals surface area contributed by atoms with Crippen molar-refractivity contribution in [2.24, 2.45) is 0 Å². The molecule has 1 N–H and O–H groups in total. The maximum atomic E-state index is 13.9. The Morgan fingerprint density at radius 1 is 1.53 bits per heavy atom. The van der Waals surface area contributed by atoms with Gasteiger partial charge >= 0.3 is 5.97 Å². The van der Waals surface area contributed by atoms with E-state index in [1.54, 1.807) is 12.1 Å². The Labute approximate surface area is 117 Å². The number of halogens is 2. The van der Waals surface area contributed by atoms with Crippen molar-refractivity contribution < 1.29 is 14.3 Å². The summed E-state index contributed by atoms with van der Waals surface area (Å²) in [5.74, 6) is -1.64. The van der Waals surface area contributed by atoms with Crippen molar-refractivity contribution in [3.05, 3.63) is 40.1 Å². The van der Waals surface area contributed by atoms with Gasteiger partial charge in [0.15, 0.2) is 0 Å². The molecule has 2 aromatic rings. The van der Waals surface area contributed by atoms with Crippen molar-refractivity contribution >= 4 is 21.9 Å². The zero-order chi connectivity index (χ0) is 14.0. The van der Waals surface area contributed by atoms with E-state index in [9.17, 15) is 9.18 Å². The topological polar surface area (TPSA) is 68.0 Å². The highest BCUT2D eigenvalue weighted by molar-refractivity contribution is 9.10. The fourth-order valence-corrected chi connectivity index (χ4v) is 2.20. The third-order valence-electron chi connectivity index (χ3n) is 2.49. The first kappa shape index (κ1) is 13.7. The van der Waals surface area contributed by atoms with E-state index >= 15 is 0 Å². The van der Waals surface area contributed by atoms with Gasteiger partial charge in [0.25, 0.3) is 5.82 Å². The Kier molecular flexibility index (Phi) is 3.94. The number of aromatic carboxylic acids is 1. The molecule has 2 rings (SSSR count). The summed E-state index contributed by atoms with van der Waals surface area (Å²) < 4.78 is 15.6. The van der Waals surface area contributed by atoms with E-state index in [2.05, 4.69) is 26.0 Å². The van der Waals surface area contributed by atoms with Crippen LogP contribution >= 0.6 is 15.9 Å². The molecule has 0 bridgehead atoms. The second kappa shape index (κ2) is 5.48. The number of aryl methyl sites for hydroxylation is 1. The zero-order valence-electron chi connectivity index (χ0n) is 10.1. The molecule has 0 unspecified atom stereocenters. The van der Waals surface area contributed by atoms with Gasteiger partial charge in [-0.3, -0.25) is 0 Å². The maximum Gasteiger partial charge on any atom is 0.375 e. The second-order valence-electron chi connectivity index (χ2n) is 3.89. The van der Waals surface area contributed by atoms with Gasteiger partial charge in [-0.15, -0.1) is 5.10 Å². The van der Waals surface area contributed by atoms with Crippen LogP contribution in [0.25, 0.3) is 5.69 Å². The molecule has 19 heavy (non-hydrogen) atoms. The van der Waals surface area contributed by atoms with Crippen molar-refractivity contribution in [2.75, 3.05) is 0 Å². The van der Waals surface area contributed by atoms with E-state index < -0.39 is 11.8 Å². The highest BCUT2D eigenvalue weighted by atomic mass is 79.9. The highest BCUT2D eigenvalue weighted by Gasteiger charge is 2.19. The molecule has 7 heteroatoms. The molecule has 0 saturated carbocycles. The third kappa shape index (κ3) is 2.65. The average molecular weight is 328 g/mol. The largest absolute Gasteiger partial charge is 0.475 e. The van der Waals surface area contributed by atoms with E-state index in [-0.39, 0.29) is 11.5 Å².